The van der Waals surface area contributed by atoms with Gasteiger partial charge in [0.1, 0.15) is 35.1 Å². The Balaban J connectivity index is 1.56. The topological polar surface area (TPSA) is 95.1 Å². The van der Waals surface area contributed by atoms with Crippen LogP contribution in [-0.2, 0) is 24.2 Å². The van der Waals surface area contributed by atoms with Crippen LogP contribution in [0.2, 0.25) is 5.02 Å². The normalized spacial score (nSPS) is 12.8. The Kier molecular flexibility index (Phi) is 7.90. The number of anilines is 1. The summed E-state index contributed by atoms with van der Waals surface area (Å²) in [7, 11) is 1.44. The van der Waals surface area contributed by atoms with Crippen LogP contribution in [0.3, 0.4) is 0 Å². The van der Waals surface area contributed by atoms with Crippen molar-refractivity contribution in [2.45, 2.75) is 32.3 Å². The van der Waals surface area contributed by atoms with Crippen molar-refractivity contribution in [1.29, 1.82) is 10.5 Å². The molecule has 9 heteroatoms. The molecule has 0 saturated heterocycles. The van der Waals surface area contributed by atoms with E-state index in [1.54, 1.807) is 24.3 Å². The fourth-order valence-corrected chi connectivity index (χ4v) is 5.51. The number of amides is 1. The lowest BCUT2D eigenvalue weighted by Crippen LogP contribution is -2.13. The monoisotopic (exact) mass is 521 g/mol. The number of carbonyl (C=O) groups is 1. The molecule has 182 valence electrons. The molecular weight excluding hydrogens is 501 g/mol. The van der Waals surface area contributed by atoms with Crippen LogP contribution in [0, 0.1) is 28.5 Å². The highest BCUT2D eigenvalue weighted by Crippen LogP contribution is 2.39. The molecule has 1 heterocycles. The molecule has 0 atom stereocenters. The number of ether oxygens (including phenoxy) is 2. The summed E-state index contributed by atoms with van der Waals surface area (Å²) in [6, 6.07) is 13.2. The molecule has 1 aliphatic rings. The number of halogens is 2. The predicted octanol–water partition coefficient (Wildman–Crippen LogP) is 6.42. The molecule has 3 aromatic rings. The van der Waals surface area contributed by atoms with E-state index < -0.39 is 5.91 Å². The van der Waals surface area contributed by atoms with Crippen LogP contribution in [0.15, 0.2) is 42.0 Å². The van der Waals surface area contributed by atoms with Crippen LogP contribution >= 0.6 is 22.9 Å². The second-order valence-electron chi connectivity index (χ2n) is 8.10. The highest BCUT2D eigenvalue weighted by atomic mass is 35.5. The van der Waals surface area contributed by atoms with Gasteiger partial charge in [0.2, 0.25) is 0 Å². The first-order valence-corrected chi connectivity index (χ1v) is 12.4. The second-order valence-corrected chi connectivity index (χ2v) is 9.62. The van der Waals surface area contributed by atoms with E-state index in [-0.39, 0.29) is 28.8 Å². The van der Waals surface area contributed by atoms with Gasteiger partial charge in [-0.15, -0.1) is 11.3 Å². The molecule has 0 saturated carbocycles. The van der Waals surface area contributed by atoms with E-state index >= 15 is 0 Å². The second kappa shape index (κ2) is 11.3. The Bertz CT molecular complexity index is 1440. The van der Waals surface area contributed by atoms with Crippen molar-refractivity contribution in [2.75, 3.05) is 12.4 Å². The number of rotatable bonds is 7. The molecule has 1 aromatic heterocycles. The molecule has 6 nitrogen and oxygen atoms in total. The molecular formula is C27H21ClFN3O3S. The van der Waals surface area contributed by atoms with Crippen molar-refractivity contribution in [3.8, 4) is 23.6 Å². The third-order valence-electron chi connectivity index (χ3n) is 5.71. The van der Waals surface area contributed by atoms with Gasteiger partial charge in [0.05, 0.1) is 17.7 Å². The van der Waals surface area contributed by atoms with Gasteiger partial charge in [0.25, 0.3) is 5.91 Å². The average Bonchev–Trinajstić information content (AvgIpc) is 3.23. The third-order valence-corrected chi connectivity index (χ3v) is 7.20. The van der Waals surface area contributed by atoms with Crippen LogP contribution in [0.25, 0.3) is 6.08 Å². The predicted molar refractivity (Wildman–Crippen MR) is 137 cm³/mol. The lowest BCUT2D eigenvalue weighted by atomic mass is 9.96. The molecule has 0 unspecified atom stereocenters. The Hall–Kier alpha value is -3.85. The van der Waals surface area contributed by atoms with Gasteiger partial charge in [0, 0.05) is 4.88 Å². The average molecular weight is 522 g/mol. The fourth-order valence-electron chi connectivity index (χ4n) is 4.00. The van der Waals surface area contributed by atoms with E-state index in [2.05, 4.69) is 11.4 Å². The van der Waals surface area contributed by atoms with Gasteiger partial charge in [-0.1, -0.05) is 23.7 Å². The number of nitrogens with zero attached hydrogens (tertiary/aromatic N) is 2. The van der Waals surface area contributed by atoms with Gasteiger partial charge in [-0.3, -0.25) is 4.79 Å². The van der Waals surface area contributed by atoms with Crippen molar-refractivity contribution in [1.82, 2.24) is 0 Å². The lowest BCUT2D eigenvalue weighted by molar-refractivity contribution is -0.112. The number of benzene rings is 2. The molecule has 2 aromatic carbocycles. The Morgan fingerprint density at radius 2 is 2.06 bits per heavy atom. The number of hydrogen-bond acceptors (Lipinski definition) is 6. The number of hydrogen-bond donors (Lipinski definition) is 1. The summed E-state index contributed by atoms with van der Waals surface area (Å²) in [4.78, 5) is 14.0. The number of aryl methyl sites for hydroxylation is 1. The van der Waals surface area contributed by atoms with Crippen LogP contribution < -0.4 is 14.8 Å². The summed E-state index contributed by atoms with van der Waals surface area (Å²) in [6.45, 7) is 0.0703. The molecule has 0 radical (unpaired) electrons. The smallest absolute Gasteiger partial charge is 0.266 e. The van der Waals surface area contributed by atoms with Crippen molar-refractivity contribution in [3.63, 3.8) is 0 Å². The maximum absolute atomic E-state index is 13.4. The molecule has 0 fully saturated rings. The number of thiophene rings is 1. The largest absolute Gasteiger partial charge is 0.493 e. The third kappa shape index (κ3) is 5.52. The maximum atomic E-state index is 13.4. The van der Waals surface area contributed by atoms with Crippen LogP contribution in [0.5, 0.6) is 11.5 Å². The zero-order valence-electron chi connectivity index (χ0n) is 19.4. The number of nitrogens with one attached hydrogen (secondary N) is 1. The molecule has 4 rings (SSSR count). The van der Waals surface area contributed by atoms with E-state index in [0.29, 0.717) is 27.4 Å². The molecule has 0 bridgehead atoms. The Labute approximate surface area is 217 Å². The van der Waals surface area contributed by atoms with Gasteiger partial charge in [-0.25, -0.2) is 4.39 Å². The summed E-state index contributed by atoms with van der Waals surface area (Å²) in [6.07, 6.45) is 5.16. The molecule has 1 amide bonds. The van der Waals surface area contributed by atoms with E-state index in [0.717, 1.165) is 36.1 Å². The van der Waals surface area contributed by atoms with Gasteiger partial charge < -0.3 is 14.8 Å². The first kappa shape index (κ1) is 25.2. The van der Waals surface area contributed by atoms with E-state index in [4.69, 9.17) is 21.1 Å². The van der Waals surface area contributed by atoms with Crippen molar-refractivity contribution < 1.29 is 18.7 Å². The summed E-state index contributed by atoms with van der Waals surface area (Å²) in [5, 5.41) is 22.7. The van der Waals surface area contributed by atoms with Gasteiger partial charge in [-0.2, -0.15) is 10.5 Å². The molecule has 0 spiro atoms. The van der Waals surface area contributed by atoms with E-state index in [1.165, 1.54) is 36.7 Å². The van der Waals surface area contributed by atoms with Gasteiger partial charge in [0.15, 0.2) is 11.5 Å². The Morgan fingerprint density at radius 1 is 1.25 bits per heavy atom. The minimum Gasteiger partial charge on any atom is -0.493 e. The van der Waals surface area contributed by atoms with E-state index in [9.17, 15) is 19.7 Å². The number of methoxy groups -OCH3 is 1. The first-order chi connectivity index (χ1) is 17.4. The fraction of sp³-hybridized carbons (Fsp3) is 0.222. The van der Waals surface area contributed by atoms with Crippen molar-refractivity contribution >= 4 is 39.9 Å². The highest BCUT2D eigenvalue weighted by Gasteiger charge is 2.23. The first-order valence-electron chi connectivity index (χ1n) is 11.2. The number of carbonyl (C=O) groups excluding carboxylic acids is 1. The number of nitriles is 2. The van der Waals surface area contributed by atoms with Crippen LogP contribution in [-0.4, -0.2) is 13.0 Å². The summed E-state index contributed by atoms with van der Waals surface area (Å²) in [5.41, 5.74) is 2.39. The molecule has 0 aliphatic heterocycles. The maximum Gasteiger partial charge on any atom is 0.266 e. The summed E-state index contributed by atoms with van der Waals surface area (Å²) in [5.74, 6) is -0.442. The highest BCUT2D eigenvalue weighted by molar-refractivity contribution is 7.16. The van der Waals surface area contributed by atoms with Gasteiger partial charge in [-0.05, 0) is 72.7 Å². The van der Waals surface area contributed by atoms with E-state index in [1.807, 2.05) is 6.07 Å². The van der Waals surface area contributed by atoms with Crippen molar-refractivity contribution in [2.24, 2.45) is 0 Å². The standard InChI is InChI=1S/C27H21ClFN3O3S/c1-34-23-12-17(11-22(28)25(23)35-15-16-5-4-6-19(29)10-16)9-18(13-30)26(33)32-27-21(14-31)20-7-2-3-8-24(20)36-27/h4-6,9-12H,2-3,7-8,15H2,1H3,(H,32,33)/b18-9+. The SMILES string of the molecule is COc1cc(/C=C(\C#N)C(=O)Nc2sc3c(c2C#N)CCCC3)cc(Cl)c1OCc1cccc(F)c1. The van der Waals surface area contributed by atoms with Crippen molar-refractivity contribution in [3.05, 3.63) is 79.9 Å². The lowest BCUT2D eigenvalue weighted by Gasteiger charge is -2.13. The summed E-state index contributed by atoms with van der Waals surface area (Å²) >= 11 is 7.81. The molecule has 1 N–H and O–H groups in total. The zero-order valence-corrected chi connectivity index (χ0v) is 20.9. The summed E-state index contributed by atoms with van der Waals surface area (Å²) < 4.78 is 24.6. The van der Waals surface area contributed by atoms with Gasteiger partial charge >= 0.3 is 0 Å². The minimum absolute atomic E-state index is 0.0703. The molecule has 36 heavy (non-hydrogen) atoms. The zero-order chi connectivity index (χ0) is 25.7. The Morgan fingerprint density at radius 3 is 2.78 bits per heavy atom. The number of fused-ring (bicyclic) bond motifs is 1. The van der Waals surface area contributed by atoms with Crippen LogP contribution in [0.1, 0.15) is 40.0 Å². The van der Waals surface area contributed by atoms with Crippen LogP contribution in [0.4, 0.5) is 9.39 Å². The molecule has 1 aliphatic carbocycles. The quantitative estimate of drug-likeness (QED) is 0.286. The minimum atomic E-state index is -0.617.